The van der Waals surface area contributed by atoms with Crippen molar-refractivity contribution in [3.63, 3.8) is 0 Å². The molecule has 2 N–H and O–H groups in total. The van der Waals surface area contributed by atoms with Crippen LogP contribution in [-0.4, -0.2) is 58.7 Å². The molecule has 4 aromatic rings. The molecule has 9 nitrogen and oxygen atoms in total. The van der Waals surface area contributed by atoms with E-state index in [1.807, 2.05) is 30.5 Å². The van der Waals surface area contributed by atoms with Crippen LogP contribution in [0.3, 0.4) is 0 Å². The van der Waals surface area contributed by atoms with Crippen LogP contribution in [0.25, 0.3) is 10.4 Å². The van der Waals surface area contributed by atoms with Crippen molar-refractivity contribution in [2.45, 2.75) is 19.0 Å². The lowest BCUT2D eigenvalue weighted by Gasteiger charge is -2.26. The van der Waals surface area contributed by atoms with Crippen molar-refractivity contribution in [2.24, 2.45) is 0 Å². The van der Waals surface area contributed by atoms with Crippen LogP contribution in [0.1, 0.15) is 17.0 Å². The fourth-order valence-corrected chi connectivity index (χ4v) is 5.10. The molecule has 0 radical (unpaired) electrons. The number of aryl methyl sites for hydroxylation is 1. The fourth-order valence-electron chi connectivity index (χ4n) is 4.13. The Morgan fingerprint density at radius 1 is 0.976 bits per heavy atom. The molecule has 214 valence electrons. The standard InChI is InChI=1S/C28H27F3N6O3S/c29-28(30,31)20-3-1-4-21(15-20)35-26(38)36-22-16-33-27(34-17-22)40-23-8-6-19(7-9-23)24-18-32-25(41-24)5-2-10-37-11-13-39-14-12-37/h1,3-4,6-9,15-18H,2,5,10-14H2,(H2,35,36,38). The molecule has 0 unspecified atom stereocenters. The van der Waals surface area contributed by atoms with Gasteiger partial charge in [-0.2, -0.15) is 13.2 Å². The Morgan fingerprint density at radius 2 is 1.71 bits per heavy atom. The lowest BCUT2D eigenvalue weighted by molar-refractivity contribution is -0.137. The highest BCUT2D eigenvalue weighted by Gasteiger charge is 2.30. The maximum atomic E-state index is 12.9. The van der Waals surface area contributed by atoms with Crippen LogP contribution < -0.4 is 15.4 Å². The van der Waals surface area contributed by atoms with E-state index in [0.29, 0.717) is 5.75 Å². The van der Waals surface area contributed by atoms with Gasteiger partial charge in [-0.05, 0) is 61.0 Å². The molecule has 2 amide bonds. The van der Waals surface area contributed by atoms with Crippen molar-refractivity contribution in [3.8, 4) is 22.2 Å². The summed E-state index contributed by atoms with van der Waals surface area (Å²) in [5.41, 5.74) is 0.407. The van der Waals surface area contributed by atoms with Gasteiger partial charge in [0.25, 0.3) is 0 Å². The summed E-state index contributed by atoms with van der Waals surface area (Å²) in [6.45, 7) is 4.66. The number of morpholine rings is 1. The van der Waals surface area contributed by atoms with E-state index >= 15 is 0 Å². The van der Waals surface area contributed by atoms with Crippen LogP contribution >= 0.6 is 11.3 Å². The van der Waals surface area contributed by atoms with Gasteiger partial charge in [-0.25, -0.2) is 19.7 Å². The number of aromatic nitrogens is 3. The second kappa shape index (κ2) is 13.1. The number of carbonyl (C=O) groups excluding carboxylic acids is 1. The summed E-state index contributed by atoms with van der Waals surface area (Å²) in [4.78, 5) is 28.4. The minimum atomic E-state index is -4.51. The van der Waals surface area contributed by atoms with Gasteiger partial charge < -0.3 is 20.1 Å². The molecule has 1 fully saturated rings. The molecule has 13 heteroatoms. The van der Waals surface area contributed by atoms with Gasteiger partial charge in [-0.15, -0.1) is 11.3 Å². The van der Waals surface area contributed by atoms with E-state index in [4.69, 9.17) is 9.47 Å². The average Bonchev–Trinajstić information content (AvgIpc) is 3.44. The first-order chi connectivity index (χ1) is 19.8. The number of benzene rings is 2. The fraction of sp³-hybridized carbons (Fsp3) is 0.286. The molecule has 0 spiro atoms. The highest BCUT2D eigenvalue weighted by molar-refractivity contribution is 7.15. The zero-order valence-corrected chi connectivity index (χ0v) is 22.7. The molecular weight excluding hydrogens is 557 g/mol. The third-order valence-electron chi connectivity index (χ3n) is 6.20. The topological polar surface area (TPSA) is 102 Å². The number of rotatable bonds is 9. The van der Waals surface area contributed by atoms with Crippen LogP contribution in [-0.2, 0) is 17.3 Å². The third kappa shape index (κ3) is 8.22. The number of hydrogen-bond donors (Lipinski definition) is 2. The number of alkyl halides is 3. The van der Waals surface area contributed by atoms with Crippen molar-refractivity contribution in [1.82, 2.24) is 19.9 Å². The maximum absolute atomic E-state index is 12.9. The van der Waals surface area contributed by atoms with Crippen LogP contribution in [0.4, 0.5) is 29.3 Å². The summed E-state index contributed by atoms with van der Waals surface area (Å²) in [5.74, 6) is 0.534. The molecule has 2 aromatic carbocycles. The summed E-state index contributed by atoms with van der Waals surface area (Å²) in [5, 5.41) is 5.94. The first-order valence-electron chi connectivity index (χ1n) is 12.9. The minimum absolute atomic E-state index is 0.0000242. The number of amides is 2. The normalized spacial score (nSPS) is 14.0. The quantitative estimate of drug-likeness (QED) is 0.237. The lowest BCUT2D eigenvalue weighted by atomic mass is 10.2. The van der Waals surface area contributed by atoms with Crippen molar-refractivity contribution < 1.29 is 27.4 Å². The van der Waals surface area contributed by atoms with Gasteiger partial charge in [0.2, 0.25) is 0 Å². The Labute approximate surface area is 238 Å². The zero-order valence-electron chi connectivity index (χ0n) is 21.9. The van der Waals surface area contributed by atoms with Gasteiger partial charge in [-0.1, -0.05) is 6.07 Å². The molecule has 0 saturated carbocycles. The van der Waals surface area contributed by atoms with Gasteiger partial charge in [0.1, 0.15) is 5.75 Å². The van der Waals surface area contributed by atoms with Gasteiger partial charge in [0, 0.05) is 31.4 Å². The molecule has 0 bridgehead atoms. The maximum Gasteiger partial charge on any atom is 0.416 e. The predicted molar refractivity (Wildman–Crippen MR) is 149 cm³/mol. The van der Waals surface area contributed by atoms with E-state index in [2.05, 4.69) is 30.5 Å². The van der Waals surface area contributed by atoms with Gasteiger partial charge >= 0.3 is 18.2 Å². The molecule has 41 heavy (non-hydrogen) atoms. The number of nitrogens with one attached hydrogen (secondary N) is 2. The minimum Gasteiger partial charge on any atom is -0.424 e. The summed E-state index contributed by atoms with van der Waals surface area (Å²) < 4.78 is 49.7. The van der Waals surface area contributed by atoms with Crippen molar-refractivity contribution in [1.29, 1.82) is 0 Å². The van der Waals surface area contributed by atoms with E-state index in [-0.39, 0.29) is 17.4 Å². The lowest BCUT2D eigenvalue weighted by Crippen LogP contribution is -2.36. The van der Waals surface area contributed by atoms with Crippen LogP contribution in [0, 0.1) is 0 Å². The highest BCUT2D eigenvalue weighted by Crippen LogP contribution is 2.31. The number of urea groups is 1. The van der Waals surface area contributed by atoms with Gasteiger partial charge in [0.05, 0.1) is 46.7 Å². The molecule has 1 aliphatic rings. The number of carbonyl (C=O) groups is 1. The number of hydrogen-bond acceptors (Lipinski definition) is 8. The van der Waals surface area contributed by atoms with Crippen LogP contribution in [0.15, 0.2) is 67.1 Å². The summed E-state index contributed by atoms with van der Waals surface area (Å²) in [6.07, 6.45) is 2.06. The first kappa shape index (κ1) is 28.5. The smallest absolute Gasteiger partial charge is 0.416 e. The van der Waals surface area contributed by atoms with Crippen LogP contribution in [0.2, 0.25) is 0 Å². The Balaban J connectivity index is 1.09. The van der Waals surface area contributed by atoms with E-state index in [0.717, 1.165) is 73.3 Å². The monoisotopic (exact) mass is 584 g/mol. The number of ether oxygens (including phenoxy) is 2. The van der Waals surface area contributed by atoms with E-state index in [1.54, 1.807) is 11.3 Å². The van der Waals surface area contributed by atoms with Gasteiger partial charge in [-0.3, -0.25) is 4.90 Å². The SMILES string of the molecule is O=C(Nc1cnc(Oc2ccc(-c3cnc(CCCN4CCOCC4)s3)cc2)nc1)Nc1cccc(C(F)(F)F)c1. The van der Waals surface area contributed by atoms with Gasteiger partial charge in [0.15, 0.2) is 0 Å². The molecule has 0 aliphatic carbocycles. The molecule has 2 aromatic heterocycles. The third-order valence-corrected chi connectivity index (χ3v) is 7.31. The number of halogens is 3. The zero-order chi connectivity index (χ0) is 28.7. The van der Waals surface area contributed by atoms with E-state index in [9.17, 15) is 18.0 Å². The van der Waals surface area contributed by atoms with Crippen LogP contribution in [0.5, 0.6) is 11.8 Å². The Kier molecular flexibility index (Phi) is 9.07. The Morgan fingerprint density at radius 3 is 2.44 bits per heavy atom. The molecule has 0 atom stereocenters. The van der Waals surface area contributed by atoms with Crippen molar-refractivity contribution in [2.75, 3.05) is 43.5 Å². The average molecular weight is 585 g/mol. The molecule has 1 saturated heterocycles. The second-order valence-electron chi connectivity index (χ2n) is 9.21. The predicted octanol–water partition coefficient (Wildman–Crippen LogP) is 6.32. The molecular formula is C28H27F3N6O3S. The Bertz CT molecular complexity index is 1440. The first-order valence-corrected chi connectivity index (χ1v) is 13.7. The molecule has 3 heterocycles. The summed E-state index contributed by atoms with van der Waals surface area (Å²) >= 11 is 1.68. The van der Waals surface area contributed by atoms with Crippen molar-refractivity contribution in [3.05, 3.63) is 77.7 Å². The number of thiazole rings is 1. The van der Waals surface area contributed by atoms with E-state index in [1.165, 1.54) is 24.5 Å². The second-order valence-corrected chi connectivity index (χ2v) is 10.3. The highest BCUT2D eigenvalue weighted by atomic mass is 32.1. The molecule has 1 aliphatic heterocycles. The largest absolute Gasteiger partial charge is 0.424 e. The Hall–Kier alpha value is -4.07. The van der Waals surface area contributed by atoms with Crippen molar-refractivity contribution >= 4 is 28.7 Å². The molecule has 5 rings (SSSR count). The van der Waals surface area contributed by atoms with E-state index < -0.39 is 17.8 Å². The number of nitrogens with zero attached hydrogens (tertiary/aromatic N) is 4. The summed E-state index contributed by atoms with van der Waals surface area (Å²) in [6, 6.07) is 11.2. The number of anilines is 2. The summed E-state index contributed by atoms with van der Waals surface area (Å²) in [7, 11) is 0.